The van der Waals surface area contributed by atoms with Gasteiger partial charge in [-0.15, -0.1) is 0 Å². The summed E-state index contributed by atoms with van der Waals surface area (Å²) in [5.41, 5.74) is 1.04. The normalized spacial score (nSPS) is 21.3. The number of carbonyl (C=O) groups is 1. The van der Waals surface area contributed by atoms with Gasteiger partial charge in [-0.05, 0) is 42.9 Å². The summed E-state index contributed by atoms with van der Waals surface area (Å²) < 4.78 is 18.5. The van der Waals surface area contributed by atoms with Gasteiger partial charge in [0.2, 0.25) is 0 Å². The number of hydrogen-bond acceptors (Lipinski definition) is 3. The van der Waals surface area contributed by atoms with Crippen LogP contribution in [0.5, 0.6) is 0 Å². The van der Waals surface area contributed by atoms with Gasteiger partial charge in [0.1, 0.15) is 5.82 Å². The molecular weight excluding hydrogens is 257 g/mol. The molecule has 3 nitrogen and oxygen atoms in total. The lowest BCUT2D eigenvalue weighted by atomic mass is 9.75. The summed E-state index contributed by atoms with van der Waals surface area (Å²) in [5.74, 6) is -0.780. The Morgan fingerprint density at radius 2 is 2.20 bits per heavy atom. The molecule has 20 heavy (non-hydrogen) atoms. The smallest absolute Gasteiger partial charge is 0.337 e. The quantitative estimate of drug-likeness (QED) is 0.850. The standard InChI is InChI=1S/C16H22FNO2/c1-16(2)8-4-5-12(10-16)18-14-9-11(15(19)20-3)6-7-13(14)17/h6-7,9,12,18H,4-5,8,10H2,1-3H3. The third kappa shape index (κ3) is 3.50. The Kier molecular flexibility index (Phi) is 4.31. The summed E-state index contributed by atoms with van der Waals surface area (Å²) >= 11 is 0. The molecule has 2 rings (SSSR count). The van der Waals surface area contributed by atoms with E-state index in [1.807, 2.05) is 0 Å². The monoisotopic (exact) mass is 279 g/mol. The van der Waals surface area contributed by atoms with Gasteiger partial charge in [0.15, 0.2) is 0 Å². The molecule has 0 saturated heterocycles. The molecule has 1 saturated carbocycles. The van der Waals surface area contributed by atoms with Crippen LogP contribution >= 0.6 is 0 Å². The first-order chi connectivity index (χ1) is 9.41. The van der Waals surface area contributed by atoms with Crippen LogP contribution in [-0.2, 0) is 4.74 Å². The SMILES string of the molecule is COC(=O)c1ccc(F)c(NC2CCCC(C)(C)C2)c1. The van der Waals surface area contributed by atoms with Crippen molar-refractivity contribution >= 4 is 11.7 Å². The van der Waals surface area contributed by atoms with E-state index in [1.54, 1.807) is 0 Å². The van der Waals surface area contributed by atoms with Gasteiger partial charge in [-0.2, -0.15) is 0 Å². The summed E-state index contributed by atoms with van der Waals surface area (Å²) in [6.45, 7) is 4.48. The molecule has 1 aliphatic rings. The van der Waals surface area contributed by atoms with E-state index in [1.165, 1.54) is 31.7 Å². The molecule has 0 spiro atoms. The van der Waals surface area contributed by atoms with Crippen LogP contribution in [0.15, 0.2) is 18.2 Å². The number of esters is 1. The van der Waals surface area contributed by atoms with E-state index < -0.39 is 5.97 Å². The molecule has 0 aliphatic heterocycles. The first kappa shape index (κ1) is 14.8. The Morgan fingerprint density at radius 3 is 2.85 bits per heavy atom. The van der Waals surface area contributed by atoms with Gasteiger partial charge in [-0.1, -0.05) is 20.3 Å². The van der Waals surface area contributed by atoms with Crippen molar-refractivity contribution < 1.29 is 13.9 Å². The molecule has 4 heteroatoms. The maximum absolute atomic E-state index is 13.9. The van der Waals surface area contributed by atoms with Crippen LogP contribution in [0.25, 0.3) is 0 Å². The van der Waals surface area contributed by atoms with Crippen LogP contribution in [0.4, 0.5) is 10.1 Å². The zero-order valence-corrected chi connectivity index (χ0v) is 12.3. The van der Waals surface area contributed by atoms with Gasteiger partial charge in [0.25, 0.3) is 0 Å². The van der Waals surface area contributed by atoms with E-state index in [0.717, 1.165) is 19.3 Å². The molecule has 110 valence electrons. The molecule has 0 radical (unpaired) electrons. The largest absolute Gasteiger partial charge is 0.465 e. The minimum atomic E-state index is -0.447. The fourth-order valence-corrected chi connectivity index (χ4v) is 2.92. The van der Waals surface area contributed by atoms with Gasteiger partial charge in [0, 0.05) is 6.04 Å². The lowest BCUT2D eigenvalue weighted by molar-refractivity contribution is 0.0600. The molecule has 1 aromatic rings. The molecule has 1 N–H and O–H groups in total. The summed E-state index contributed by atoms with van der Waals surface area (Å²) in [6.07, 6.45) is 4.39. The molecule has 0 amide bonds. The summed E-state index contributed by atoms with van der Waals surface area (Å²) in [5, 5.41) is 3.24. The predicted molar refractivity (Wildman–Crippen MR) is 77.4 cm³/mol. The summed E-state index contributed by atoms with van der Waals surface area (Å²) in [7, 11) is 1.32. The third-order valence-corrected chi connectivity index (χ3v) is 3.95. The molecular formula is C16H22FNO2. The van der Waals surface area contributed by atoms with E-state index in [4.69, 9.17) is 0 Å². The zero-order chi connectivity index (χ0) is 14.8. The number of halogens is 1. The maximum Gasteiger partial charge on any atom is 0.337 e. The van der Waals surface area contributed by atoms with Crippen molar-refractivity contribution in [2.75, 3.05) is 12.4 Å². The van der Waals surface area contributed by atoms with Gasteiger partial charge >= 0.3 is 5.97 Å². The molecule has 1 fully saturated rings. The number of carbonyl (C=O) groups excluding carboxylic acids is 1. The lowest BCUT2D eigenvalue weighted by Crippen LogP contribution is -2.32. The van der Waals surface area contributed by atoms with Crippen molar-refractivity contribution in [1.82, 2.24) is 0 Å². The Labute approximate surface area is 119 Å². The number of benzene rings is 1. The van der Waals surface area contributed by atoms with Crippen LogP contribution in [0.3, 0.4) is 0 Å². The van der Waals surface area contributed by atoms with Crippen molar-refractivity contribution in [2.24, 2.45) is 5.41 Å². The van der Waals surface area contributed by atoms with Crippen molar-refractivity contribution in [2.45, 2.75) is 45.6 Å². The van der Waals surface area contributed by atoms with E-state index >= 15 is 0 Å². The Balaban J connectivity index is 2.14. The topological polar surface area (TPSA) is 38.3 Å². The molecule has 0 heterocycles. The second-order valence-electron chi connectivity index (χ2n) is 6.29. The van der Waals surface area contributed by atoms with Gasteiger partial charge in [-0.3, -0.25) is 0 Å². The first-order valence-corrected chi connectivity index (χ1v) is 7.06. The zero-order valence-electron chi connectivity index (χ0n) is 12.3. The van der Waals surface area contributed by atoms with E-state index in [9.17, 15) is 9.18 Å². The number of ether oxygens (including phenoxy) is 1. The van der Waals surface area contributed by atoms with Gasteiger partial charge < -0.3 is 10.1 Å². The first-order valence-electron chi connectivity index (χ1n) is 7.06. The highest BCUT2D eigenvalue weighted by Crippen LogP contribution is 2.36. The van der Waals surface area contributed by atoms with Crippen LogP contribution in [-0.4, -0.2) is 19.1 Å². The van der Waals surface area contributed by atoms with E-state index in [2.05, 4.69) is 23.9 Å². The number of nitrogens with one attached hydrogen (secondary N) is 1. The molecule has 0 bridgehead atoms. The fraction of sp³-hybridized carbons (Fsp3) is 0.562. The lowest BCUT2D eigenvalue weighted by Gasteiger charge is -2.36. The molecule has 1 atom stereocenters. The van der Waals surface area contributed by atoms with Crippen molar-refractivity contribution in [3.63, 3.8) is 0 Å². The second kappa shape index (κ2) is 5.81. The van der Waals surface area contributed by atoms with Crippen molar-refractivity contribution in [3.05, 3.63) is 29.6 Å². The van der Waals surface area contributed by atoms with Crippen molar-refractivity contribution in [1.29, 1.82) is 0 Å². The van der Waals surface area contributed by atoms with Gasteiger partial charge in [-0.25, -0.2) is 9.18 Å². The van der Waals surface area contributed by atoms with Crippen LogP contribution in [0.2, 0.25) is 0 Å². The molecule has 0 aromatic heterocycles. The number of methoxy groups -OCH3 is 1. The van der Waals surface area contributed by atoms with E-state index in [-0.39, 0.29) is 17.3 Å². The fourth-order valence-electron chi connectivity index (χ4n) is 2.92. The highest BCUT2D eigenvalue weighted by Gasteiger charge is 2.28. The Hall–Kier alpha value is -1.58. The molecule has 1 unspecified atom stereocenters. The number of hydrogen-bond donors (Lipinski definition) is 1. The van der Waals surface area contributed by atoms with E-state index in [0.29, 0.717) is 11.3 Å². The molecule has 1 aliphatic carbocycles. The minimum absolute atomic E-state index is 0.251. The van der Waals surface area contributed by atoms with Crippen molar-refractivity contribution in [3.8, 4) is 0 Å². The average molecular weight is 279 g/mol. The maximum atomic E-state index is 13.9. The van der Waals surface area contributed by atoms with Crippen LogP contribution < -0.4 is 5.32 Å². The molecule has 1 aromatic carbocycles. The van der Waals surface area contributed by atoms with Crippen LogP contribution in [0.1, 0.15) is 49.9 Å². The number of anilines is 1. The summed E-state index contributed by atoms with van der Waals surface area (Å²) in [6, 6.07) is 4.53. The highest BCUT2D eigenvalue weighted by molar-refractivity contribution is 5.90. The third-order valence-electron chi connectivity index (χ3n) is 3.95. The van der Waals surface area contributed by atoms with Gasteiger partial charge in [0.05, 0.1) is 18.4 Å². The average Bonchev–Trinajstić information content (AvgIpc) is 2.39. The Bertz CT molecular complexity index is 499. The Morgan fingerprint density at radius 1 is 1.45 bits per heavy atom. The minimum Gasteiger partial charge on any atom is -0.465 e. The number of rotatable bonds is 3. The van der Waals surface area contributed by atoms with Crippen LogP contribution in [0, 0.1) is 11.2 Å². The second-order valence-corrected chi connectivity index (χ2v) is 6.29. The predicted octanol–water partition coefficient (Wildman–Crippen LogP) is 3.99. The highest BCUT2D eigenvalue weighted by atomic mass is 19.1. The summed E-state index contributed by atoms with van der Waals surface area (Å²) in [4.78, 5) is 11.5.